The monoisotopic (exact) mass is 470 g/mol. The van der Waals surface area contributed by atoms with Crippen molar-refractivity contribution in [3.63, 3.8) is 0 Å². The lowest BCUT2D eigenvalue weighted by molar-refractivity contribution is 0.248. The van der Waals surface area contributed by atoms with Crippen molar-refractivity contribution in [1.82, 2.24) is 19.2 Å². The van der Waals surface area contributed by atoms with Gasteiger partial charge < -0.3 is 9.64 Å². The van der Waals surface area contributed by atoms with Gasteiger partial charge in [0.05, 0.1) is 7.92 Å². The standard InChI is InChI=1S/C25H32ClN5O2/c1-2-24-27-31(25(32)30(24)18-19-33-23-10-4-3-5-11-23)13-7-12-28-14-16-29(17-15-28)22-9-6-8-21(26)20-22/h3-6,8-11,20H,2,7,12-19H2,1H3/i3D. The Labute approximate surface area is 201 Å². The van der Waals surface area contributed by atoms with Crippen molar-refractivity contribution in [2.75, 3.05) is 44.2 Å². The highest BCUT2D eigenvalue weighted by atomic mass is 35.5. The van der Waals surface area contributed by atoms with Gasteiger partial charge in [-0.1, -0.05) is 42.8 Å². The average Bonchev–Trinajstić information content (AvgIpc) is 3.15. The Balaban J connectivity index is 1.24. The molecule has 0 aliphatic carbocycles. The van der Waals surface area contributed by atoms with Crippen LogP contribution >= 0.6 is 11.6 Å². The Morgan fingerprint density at radius 3 is 2.58 bits per heavy atom. The van der Waals surface area contributed by atoms with E-state index >= 15 is 0 Å². The van der Waals surface area contributed by atoms with E-state index in [2.05, 4.69) is 21.0 Å². The predicted octanol–water partition coefficient (Wildman–Crippen LogP) is 3.55. The molecule has 0 saturated carbocycles. The summed E-state index contributed by atoms with van der Waals surface area (Å²) >= 11 is 6.13. The van der Waals surface area contributed by atoms with Crippen molar-refractivity contribution in [3.05, 3.63) is 75.9 Å². The third-order valence-corrected chi connectivity index (χ3v) is 6.21. The number of rotatable bonds is 10. The molecule has 0 atom stereocenters. The highest BCUT2D eigenvalue weighted by Crippen LogP contribution is 2.20. The maximum Gasteiger partial charge on any atom is 0.346 e. The zero-order valence-corrected chi connectivity index (χ0v) is 19.9. The van der Waals surface area contributed by atoms with Crippen molar-refractivity contribution in [3.8, 4) is 5.75 Å². The first-order chi connectivity index (χ1) is 16.5. The van der Waals surface area contributed by atoms with E-state index in [-0.39, 0.29) is 5.69 Å². The van der Waals surface area contributed by atoms with Gasteiger partial charge in [-0.3, -0.25) is 9.47 Å². The summed E-state index contributed by atoms with van der Waals surface area (Å²) in [6.07, 6.45) is 1.58. The number of nitrogens with zero attached hydrogens (tertiary/aromatic N) is 5. The molecule has 0 unspecified atom stereocenters. The Hall–Kier alpha value is -2.77. The summed E-state index contributed by atoms with van der Waals surface area (Å²) in [5, 5.41) is 5.32. The van der Waals surface area contributed by atoms with Gasteiger partial charge >= 0.3 is 5.69 Å². The van der Waals surface area contributed by atoms with E-state index in [9.17, 15) is 4.79 Å². The molecule has 7 nitrogen and oxygen atoms in total. The molecule has 176 valence electrons. The van der Waals surface area contributed by atoms with Crippen LogP contribution in [0.15, 0.2) is 59.4 Å². The van der Waals surface area contributed by atoms with Crippen LogP contribution in [0.3, 0.4) is 0 Å². The van der Waals surface area contributed by atoms with Crippen LogP contribution in [0.4, 0.5) is 5.69 Å². The fourth-order valence-corrected chi connectivity index (χ4v) is 4.37. The Kier molecular flexibility index (Phi) is 7.61. The van der Waals surface area contributed by atoms with Gasteiger partial charge in [-0.2, -0.15) is 5.10 Å². The van der Waals surface area contributed by atoms with Crippen molar-refractivity contribution in [1.29, 1.82) is 0 Å². The predicted molar refractivity (Wildman–Crippen MR) is 133 cm³/mol. The number of halogens is 1. The normalized spacial score (nSPS) is 15.0. The molecular weight excluding hydrogens is 438 g/mol. The summed E-state index contributed by atoms with van der Waals surface area (Å²) in [6.45, 7) is 8.33. The Morgan fingerprint density at radius 1 is 1.06 bits per heavy atom. The maximum atomic E-state index is 12.9. The summed E-state index contributed by atoms with van der Waals surface area (Å²) in [7, 11) is 0. The van der Waals surface area contributed by atoms with Crippen LogP contribution < -0.4 is 15.3 Å². The summed E-state index contributed by atoms with van der Waals surface area (Å²) in [4.78, 5) is 17.7. The summed E-state index contributed by atoms with van der Waals surface area (Å²) in [5.41, 5.74) is 1.10. The largest absolute Gasteiger partial charge is 0.492 e. The molecule has 0 spiro atoms. The molecule has 1 aliphatic heterocycles. The third kappa shape index (κ3) is 6.18. The van der Waals surface area contributed by atoms with Crippen LogP contribution in [0.25, 0.3) is 0 Å². The van der Waals surface area contributed by atoms with E-state index in [0.29, 0.717) is 37.9 Å². The quantitative estimate of drug-likeness (QED) is 0.453. The molecule has 1 aliphatic rings. The van der Waals surface area contributed by atoms with Crippen LogP contribution in [0.1, 0.15) is 20.5 Å². The zero-order valence-electron chi connectivity index (χ0n) is 20.1. The zero-order chi connectivity index (χ0) is 23.9. The average molecular weight is 471 g/mol. The fourth-order valence-electron chi connectivity index (χ4n) is 4.19. The van der Waals surface area contributed by atoms with E-state index < -0.39 is 0 Å². The molecule has 1 aromatic heterocycles. The lowest BCUT2D eigenvalue weighted by Gasteiger charge is -2.36. The molecule has 2 heterocycles. The van der Waals surface area contributed by atoms with Crippen LogP contribution in [-0.4, -0.2) is 58.6 Å². The first kappa shape index (κ1) is 22.0. The van der Waals surface area contributed by atoms with Gasteiger partial charge in [0.1, 0.15) is 18.2 Å². The number of benzene rings is 2. The number of para-hydroxylation sites is 1. The van der Waals surface area contributed by atoms with Gasteiger partial charge in [-0.25, -0.2) is 9.48 Å². The highest BCUT2D eigenvalue weighted by Gasteiger charge is 2.18. The molecule has 1 fully saturated rings. The van der Waals surface area contributed by atoms with Gasteiger partial charge in [-0.05, 0) is 36.8 Å². The van der Waals surface area contributed by atoms with Crippen LogP contribution in [-0.2, 0) is 19.5 Å². The van der Waals surface area contributed by atoms with Gasteiger partial charge in [-0.15, -0.1) is 0 Å². The third-order valence-electron chi connectivity index (χ3n) is 5.98. The molecular formula is C25H32ClN5O2. The lowest BCUT2D eigenvalue weighted by atomic mass is 10.2. The number of aromatic nitrogens is 3. The molecule has 4 rings (SSSR count). The molecule has 0 N–H and O–H groups in total. The van der Waals surface area contributed by atoms with Crippen LogP contribution in [0.5, 0.6) is 5.75 Å². The minimum Gasteiger partial charge on any atom is -0.492 e. The molecule has 3 aromatic rings. The van der Waals surface area contributed by atoms with Gasteiger partial charge in [0, 0.05) is 56.4 Å². The first-order valence-electron chi connectivity index (χ1n) is 12.1. The smallest absolute Gasteiger partial charge is 0.346 e. The van der Waals surface area contributed by atoms with Crippen molar-refractivity contribution < 1.29 is 6.11 Å². The molecule has 0 bridgehead atoms. The van der Waals surface area contributed by atoms with Crippen molar-refractivity contribution in [2.24, 2.45) is 0 Å². The molecule has 2 aromatic carbocycles. The van der Waals surface area contributed by atoms with E-state index in [4.69, 9.17) is 17.7 Å². The van der Waals surface area contributed by atoms with E-state index in [0.717, 1.165) is 50.0 Å². The Bertz CT molecular complexity index is 1120. The first-order valence-corrected chi connectivity index (χ1v) is 12.0. The second-order valence-electron chi connectivity index (χ2n) is 8.17. The molecule has 0 radical (unpaired) electrons. The maximum absolute atomic E-state index is 12.9. The van der Waals surface area contributed by atoms with Crippen LogP contribution in [0, 0.1) is 0 Å². The second-order valence-corrected chi connectivity index (χ2v) is 8.61. The summed E-state index contributed by atoms with van der Waals surface area (Å²) in [6, 6.07) is 15.4. The lowest BCUT2D eigenvalue weighted by Crippen LogP contribution is -2.46. The topological polar surface area (TPSA) is 55.5 Å². The Morgan fingerprint density at radius 2 is 1.85 bits per heavy atom. The highest BCUT2D eigenvalue weighted by molar-refractivity contribution is 6.30. The van der Waals surface area contributed by atoms with E-state index in [1.165, 1.54) is 5.69 Å². The number of ether oxygens (including phenoxy) is 1. The molecule has 8 heteroatoms. The van der Waals surface area contributed by atoms with Crippen molar-refractivity contribution in [2.45, 2.75) is 32.9 Å². The minimum absolute atomic E-state index is 0.0762. The summed E-state index contributed by atoms with van der Waals surface area (Å²) in [5.74, 6) is 1.48. The van der Waals surface area contributed by atoms with Crippen LogP contribution in [0.2, 0.25) is 5.02 Å². The number of piperazine rings is 1. The van der Waals surface area contributed by atoms with Crippen molar-refractivity contribution >= 4 is 17.3 Å². The van der Waals surface area contributed by atoms with Gasteiger partial charge in [0.2, 0.25) is 0 Å². The fraction of sp³-hybridized carbons (Fsp3) is 0.440. The second kappa shape index (κ2) is 11.4. The SMILES string of the molecule is [2H]c1ccc(OCCn2c(CC)nn(CCCN3CCN(c4cccc(Cl)c4)CC3)c2=O)cc1. The molecule has 33 heavy (non-hydrogen) atoms. The summed E-state index contributed by atoms with van der Waals surface area (Å²) < 4.78 is 16.6. The number of hydrogen-bond donors (Lipinski definition) is 0. The van der Waals surface area contributed by atoms with E-state index in [1.807, 2.05) is 25.1 Å². The molecule has 1 saturated heterocycles. The van der Waals surface area contributed by atoms with Gasteiger partial charge in [0.15, 0.2) is 0 Å². The van der Waals surface area contributed by atoms with E-state index in [1.54, 1.807) is 33.5 Å². The minimum atomic E-state index is -0.0762. The number of hydrogen-bond acceptors (Lipinski definition) is 5. The van der Waals surface area contributed by atoms with Gasteiger partial charge in [0.25, 0.3) is 0 Å². The number of aryl methyl sites for hydroxylation is 2. The number of anilines is 1. The molecule has 0 amide bonds.